The third-order valence-electron chi connectivity index (χ3n) is 3.60. The largest absolute Gasteiger partial charge is 0.354 e. The summed E-state index contributed by atoms with van der Waals surface area (Å²) in [6.45, 7) is 1.02. The van der Waals surface area contributed by atoms with E-state index in [2.05, 4.69) is 16.0 Å². The molecule has 2 saturated carbocycles. The van der Waals surface area contributed by atoms with Gasteiger partial charge in [0.15, 0.2) is 0 Å². The third kappa shape index (κ3) is 4.55. The van der Waals surface area contributed by atoms with Crippen molar-refractivity contribution in [3.8, 4) is 0 Å². The van der Waals surface area contributed by atoms with Crippen LogP contribution < -0.4 is 16.0 Å². The first kappa shape index (κ1) is 13.2. The molecule has 0 bridgehead atoms. The minimum atomic E-state index is -0.121. The molecule has 0 aromatic carbocycles. The van der Waals surface area contributed by atoms with Crippen molar-refractivity contribution in [3.63, 3.8) is 0 Å². The number of urea groups is 1. The van der Waals surface area contributed by atoms with Gasteiger partial charge in [-0.15, -0.1) is 0 Å². The van der Waals surface area contributed by atoms with Gasteiger partial charge >= 0.3 is 6.03 Å². The zero-order valence-corrected chi connectivity index (χ0v) is 10.8. The van der Waals surface area contributed by atoms with Crippen LogP contribution in [0.15, 0.2) is 0 Å². The van der Waals surface area contributed by atoms with Gasteiger partial charge in [-0.25, -0.2) is 4.79 Å². The number of carbonyl (C=O) groups is 2. The Balaban J connectivity index is 1.51. The molecule has 102 valence electrons. The summed E-state index contributed by atoms with van der Waals surface area (Å²) in [5.74, 6) is 0.346. The average molecular weight is 253 g/mol. The van der Waals surface area contributed by atoms with Crippen LogP contribution in [0.2, 0.25) is 0 Å². The molecule has 0 aromatic rings. The summed E-state index contributed by atoms with van der Waals surface area (Å²) in [5.41, 5.74) is 0. The lowest BCUT2D eigenvalue weighted by molar-refractivity contribution is -0.125. The van der Waals surface area contributed by atoms with Crippen molar-refractivity contribution in [1.82, 2.24) is 16.0 Å². The van der Waals surface area contributed by atoms with Crippen LogP contribution in [-0.2, 0) is 4.79 Å². The molecule has 2 rings (SSSR count). The van der Waals surface area contributed by atoms with Gasteiger partial charge in [0, 0.05) is 25.0 Å². The van der Waals surface area contributed by atoms with Crippen molar-refractivity contribution < 1.29 is 9.59 Å². The number of hydrogen-bond donors (Lipinski definition) is 3. The predicted octanol–water partition coefficient (Wildman–Crippen LogP) is 1.14. The van der Waals surface area contributed by atoms with Crippen LogP contribution in [0.4, 0.5) is 4.79 Å². The second-order valence-electron chi connectivity index (χ2n) is 5.30. The number of hydrogen-bond acceptors (Lipinski definition) is 2. The van der Waals surface area contributed by atoms with Gasteiger partial charge in [0.25, 0.3) is 0 Å². The van der Waals surface area contributed by atoms with E-state index in [9.17, 15) is 9.59 Å². The first-order chi connectivity index (χ1) is 8.75. The Labute approximate surface area is 108 Å². The molecule has 2 fully saturated rings. The van der Waals surface area contributed by atoms with Crippen LogP contribution in [0, 0.1) is 5.92 Å². The van der Waals surface area contributed by atoms with E-state index in [1.807, 2.05) is 0 Å². The van der Waals surface area contributed by atoms with Crippen molar-refractivity contribution in [1.29, 1.82) is 0 Å². The maximum Gasteiger partial charge on any atom is 0.315 e. The van der Waals surface area contributed by atoms with E-state index >= 15 is 0 Å². The molecule has 0 aromatic heterocycles. The van der Waals surface area contributed by atoms with Crippen LogP contribution in [0.5, 0.6) is 0 Å². The van der Waals surface area contributed by atoms with E-state index in [0.29, 0.717) is 19.1 Å². The molecular weight excluding hydrogens is 230 g/mol. The van der Waals surface area contributed by atoms with Crippen LogP contribution >= 0.6 is 0 Å². The van der Waals surface area contributed by atoms with Crippen LogP contribution in [0.1, 0.15) is 44.9 Å². The SMILES string of the molecule is O=C(NCCNC(=O)C1CCCCC1)NC1CC1. The topological polar surface area (TPSA) is 70.2 Å². The van der Waals surface area contributed by atoms with Gasteiger partial charge in [-0.2, -0.15) is 0 Å². The Morgan fingerprint density at radius 1 is 0.889 bits per heavy atom. The zero-order chi connectivity index (χ0) is 12.8. The summed E-state index contributed by atoms with van der Waals surface area (Å²) < 4.78 is 0. The van der Waals surface area contributed by atoms with Crippen molar-refractivity contribution in [3.05, 3.63) is 0 Å². The molecule has 0 atom stereocenters. The Morgan fingerprint density at radius 3 is 2.22 bits per heavy atom. The van der Waals surface area contributed by atoms with Gasteiger partial charge in [0.05, 0.1) is 0 Å². The van der Waals surface area contributed by atoms with Gasteiger partial charge in [-0.1, -0.05) is 19.3 Å². The van der Waals surface area contributed by atoms with Crippen LogP contribution in [-0.4, -0.2) is 31.1 Å². The third-order valence-corrected chi connectivity index (χ3v) is 3.60. The number of amides is 3. The van der Waals surface area contributed by atoms with Crippen molar-refractivity contribution in [2.24, 2.45) is 5.92 Å². The fourth-order valence-electron chi connectivity index (χ4n) is 2.33. The van der Waals surface area contributed by atoms with Crippen LogP contribution in [0.25, 0.3) is 0 Å². The lowest BCUT2D eigenvalue weighted by Crippen LogP contribution is -2.42. The fourth-order valence-corrected chi connectivity index (χ4v) is 2.33. The molecular formula is C13H23N3O2. The highest BCUT2D eigenvalue weighted by Gasteiger charge is 2.23. The first-order valence-corrected chi connectivity index (χ1v) is 7.08. The van der Waals surface area contributed by atoms with E-state index in [1.165, 1.54) is 19.3 Å². The van der Waals surface area contributed by atoms with Gasteiger partial charge in [-0.05, 0) is 25.7 Å². The number of carbonyl (C=O) groups excluding carboxylic acids is 2. The summed E-state index contributed by atoms with van der Waals surface area (Å²) in [4.78, 5) is 23.1. The molecule has 2 aliphatic carbocycles. The predicted molar refractivity (Wildman–Crippen MR) is 69.1 cm³/mol. The smallest absolute Gasteiger partial charge is 0.315 e. The standard InChI is InChI=1S/C13H23N3O2/c17-12(10-4-2-1-3-5-10)14-8-9-15-13(18)16-11-6-7-11/h10-11H,1-9H2,(H,14,17)(H2,15,16,18). The lowest BCUT2D eigenvalue weighted by Gasteiger charge is -2.20. The highest BCUT2D eigenvalue weighted by Crippen LogP contribution is 2.23. The second-order valence-corrected chi connectivity index (χ2v) is 5.30. The Hall–Kier alpha value is -1.26. The van der Waals surface area contributed by atoms with E-state index in [-0.39, 0.29) is 17.9 Å². The summed E-state index contributed by atoms with van der Waals surface area (Å²) in [5, 5.41) is 8.49. The summed E-state index contributed by atoms with van der Waals surface area (Å²) >= 11 is 0. The molecule has 0 heterocycles. The molecule has 0 radical (unpaired) electrons. The molecule has 0 spiro atoms. The molecule has 18 heavy (non-hydrogen) atoms. The highest BCUT2D eigenvalue weighted by molar-refractivity contribution is 5.78. The number of rotatable bonds is 5. The highest BCUT2D eigenvalue weighted by atomic mass is 16.2. The first-order valence-electron chi connectivity index (χ1n) is 7.08. The van der Waals surface area contributed by atoms with E-state index in [4.69, 9.17) is 0 Å². The monoisotopic (exact) mass is 253 g/mol. The Kier molecular flexibility index (Phi) is 4.84. The second kappa shape index (κ2) is 6.61. The molecule has 0 saturated heterocycles. The molecule has 5 heteroatoms. The van der Waals surface area contributed by atoms with Crippen molar-refractivity contribution in [2.45, 2.75) is 51.0 Å². The maximum absolute atomic E-state index is 11.8. The molecule has 3 N–H and O–H groups in total. The van der Waals surface area contributed by atoms with Gasteiger partial charge < -0.3 is 16.0 Å². The van der Waals surface area contributed by atoms with Crippen molar-refractivity contribution >= 4 is 11.9 Å². The summed E-state index contributed by atoms with van der Waals surface area (Å²) in [6, 6.07) is 0.256. The normalized spacial score (nSPS) is 20.2. The van der Waals surface area contributed by atoms with Crippen LogP contribution in [0.3, 0.4) is 0 Å². The molecule has 3 amide bonds. The summed E-state index contributed by atoms with van der Waals surface area (Å²) in [6.07, 6.45) is 7.80. The number of nitrogens with one attached hydrogen (secondary N) is 3. The van der Waals surface area contributed by atoms with Gasteiger partial charge in [0.2, 0.25) is 5.91 Å². The minimum absolute atomic E-state index is 0.121. The van der Waals surface area contributed by atoms with Gasteiger partial charge in [-0.3, -0.25) is 4.79 Å². The zero-order valence-electron chi connectivity index (χ0n) is 10.8. The molecule has 5 nitrogen and oxygen atoms in total. The van der Waals surface area contributed by atoms with Crippen molar-refractivity contribution in [2.75, 3.05) is 13.1 Å². The fraction of sp³-hybridized carbons (Fsp3) is 0.846. The lowest BCUT2D eigenvalue weighted by atomic mass is 9.89. The van der Waals surface area contributed by atoms with Gasteiger partial charge in [0.1, 0.15) is 0 Å². The summed E-state index contributed by atoms with van der Waals surface area (Å²) in [7, 11) is 0. The quantitative estimate of drug-likeness (QED) is 0.643. The minimum Gasteiger partial charge on any atom is -0.354 e. The van der Waals surface area contributed by atoms with E-state index in [0.717, 1.165) is 25.7 Å². The van der Waals surface area contributed by atoms with E-state index in [1.54, 1.807) is 0 Å². The van der Waals surface area contributed by atoms with E-state index < -0.39 is 0 Å². The molecule has 2 aliphatic rings. The average Bonchev–Trinajstić information content (AvgIpc) is 3.19. The molecule has 0 unspecified atom stereocenters. The maximum atomic E-state index is 11.8. The Bertz CT molecular complexity index is 297. The Morgan fingerprint density at radius 2 is 1.56 bits per heavy atom. The molecule has 0 aliphatic heterocycles.